The first-order valence-electron chi connectivity index (χ1n) is 11.5. The number of nitrogens with one attached hydrogen (secondary N) is 1. The molecule has 1 aliphatic heterocycles. The second kappa shape index (κ2) is 11.1. The number of rotatable bonds is 7. The number of anilines is 1. The molecular formula is C26H36N4O2. The Morgan fingerprint density at radius 2 is 1.62 bits per heavy atom. The molecule has 0 unspecified atom stereocenters. The second-order valence-electron chi connectivity index (χ2n) is 9.13. The lowest BCUT2D eigenvalue weighted by Crippen LogP contribution is -2.53. The third-order valence-electron chi connectivity index (χ3n) is 5.97. The maximum absolute atomic E-state index is 11.2. The van der Waals surface area contributed by atoms with Crippen molar-refractivity contribution in [3.63, 3.8) is 0 Å². The largest absolute Gasteiger partial charge is 0.478 e. The molecule has 0 aliphatic carbocycles. The van der Waals surface area contributed by atoms with E-state index in [0.29, 0.717) is 18.5 Å². The molecule has 1 fully saturated rings. The fourth-order valence-electron chi connectivity index (χ4n) is 4.11. The lowest BCUT2D eigenvalue weighted by molar-refractivity contribution is 0.0697. The fourth-order valence-corrected chi connectivity index (χ4v) is 4.11. The van der Waals surface area contributed by atoms with Crippen LogP contribution in [-0.2, 0) is 6.54 Å². The van der Waals surface area contributed by atoms with Crippen molar-refractivity contribution >= 4 is 17.6 Å². The van der Waals surface area contributed by atoms with Gasteiger partial charge in [-0.1, -0.05) is 43.7 Å². The Hall–Kier alpha value is -2.86. The monoisotopic (exact) mass is 436 g/mol. The quantitative estimate of drug-likeness (QED) is 0.486. The van der Waals surface area contributed by atoms with E-state index in [4.69, 9.17) is 10.1 Å². The smallest absolute Gasteiger partial charge is 0.335 e. The lowest BCUT2D eigenvalue weighted by atomic mass is 10.0. The predicted octanol–water partition coefficient (Wildman–Crippen LogP) is 4.71. The Morgan fingerprint density at radius 3 is 2.19 bits per heavy atom. The summed E-state index contributed by atoms with van der Waals surface area (Å²) in [5.74, 6) is 0.617. The van der Waals surface area contributed by atoms with Gasteiger partial charge < -0.3 is 15.3 Å². The van der Waals surface area contributed by atoms with E-state index in [2.05, 4.69) is 67.1 Å². The molecule has 3 rings (SSSR count). The third-order valence-corrected chi connectivity index (χ3v) is 5.97. The van der Waals surface area contributed by atoms with Crippen LogP contribution in [0.4, 0.5) is 5.69 Å². The normalized spacial score (nSPS) is 16.3. The van der Waals surface area contributed by atoms with Crippen molar-refractivity contribution in [1.82, 2.24) is 9.80 Å². The van der Waals surface area contributed by atoms with Crippen LogP contribution in [0.5, 0.6) is 0 Å². The van der Waals surface area contributed by atoms with Gasteiger partial charge in [0.05, 0.1) is 12.1 Å². The summed E-state index contributed by atoms with van der Waals surface area (Å²) in [7, 11) is 0. The first-order chi connectivity index (χ1) is 15.3. The van der Waals surface area contributed by atoms with Gasteiger partial charge in [-0.3, -0.25) is 4.90 Å². The number of carboxylic acid groups (broad SMARTS) is 1. The molecule has 0 radical (unpaired) electrons. The maximum atomic E-state index is 11.2. The van der Waals surface area contributed by atoms with E-state index in [9.17, 15) is 4.79 Å². The average molecular weight is 437 g/mol. The van der Waals surface area contributed by atoms with Gasteiger partial charge in [-0.2, -0.15) is 0 Å². The maximum Gasteiger partial charge on any atom is 0.335 e. The van der Waals surface area contributed by atoms with Crippen LogP contribution >= 0.6 is 0 Å². The molecule has 2 aromatic rings. The summed E-state index contributed by atoms with van der Waals surface area (Å²) in [5.41, 5.74) is 3.52. The second-order valence-corrected chi connectivity index (χ2v) is 9.13. The summed E-state index contributed by atoms with van der Waals surface area (Å²) in [4.78, 5) is 20.9. The van der Waals surface area contributed by atoms with Gasteiger partial charge in [0, 0.05) is 37.9 Å². The van der Waals surface area contributed by atoms with Crippen molar-refractivity contribution in [1.29, 1.82) is 0 Å². The van der Waals surface area contributed by atoms with Gasteiger partial charge in [-0.05, 0) is 56.0 Å². The highest BCUT2D eigenvalue weighted by molar-refractivity contribution is 5.94. The van der Waals surface area contributed by atoms with Gasteiger partial charge in [0.25, 0.3) is 0 Å². The number of aliphatic imine (C=N–C) groups is 1. The Balaban J connectivity index is 1.72. The van der Waals surface area contributed by atoms with Crippen LogP contribution < -0.4 is 5.32 Å². The van der Waals surface area contributed by atoms with E-state index in [1.54, 1.807) is 24.3 Å². The fraction of sp³-hybridized carbons (Fsp3) is 0.462. The van der Waals surface area contributed by atoms with E-state index in [1.165, 1.54) is 17.5 Å². The molecule has 0 aromatic heterocycles. The van der Waals surface area contributed by atoms with Crippen LogP contribution in [0.3, 0.4) is 0 Å². The highest BCUT2D eigenvalue weighted by atomic mass is 16.4. The van der Waals surface area contributed by atoms with E-state index < -0.39 is 5.97 Å². The highest BCUT2D eigenvalue weighted by Gasteiger charge is 2.23. The average Bonchev–Trinajstić information content (AvgIpc) is 2.77. The number of aromatic carboxylic acids is 1. The SMILES string of the molecule is Cc1ccc(CN=C(Nc2ccc(C(=O)O)cc2)N2CCN([C@H](C)CC(C)C)CC2)cc1. The predicted molar refractivity (Wildman–Crippen MR) is 131 cm³/mol. The summed E-state index contributed by atoms with van der Waals surface area (Å²) in [6.07, 6.45) is 1.21. The number of piperazine rings is 1. The number of aryl methyl sites for hydroxylation is 1. The van der Waals surface area contributed by atoms with E-state index in [-0.39, 0.29) is 5.56 Å². The zero-order valence-electron chi connectivity index (χ0n) is 19.7. The van der Waals surface area contributed by atoms with Gasteiger partial charge in [0.15, 0.2) is 5.96 Å². The summed E-state index contributed by atoms with van der Waals surface area (Å²) in [5, 5.41) is 12.6. The van der Waals surface area contributed by atoms with Gasteiger partial charge in [0.2, 0.25) is 0 Å². The van der Waals surface area contributed by atoms with Gasteiger partial charge in [-0.15, -0.1) is 0 Å². The molecule has 6 nitrogen and oxygen atoms in total. The first kappa shape index (κ1) is 23.8. The van der Waals surface area contributed by atoms with E-state index in [1.807, 2.05) is 0 Å². The van der Waals surface area contributed by atoms with E-state index >= 15 is 0 Å². The van der Waals surface area contributed by atoms with Gasteiger partial charge in [-0.25, -0.2) is 9.79 Å². The standard InChI is InChI=1S/C26H36N4O2/c1-19(2)17-21(4)29-13-15-30(16-14-29)26(27-18-22-7-5-20(3)6-8-22)28-24-11-9-23(10-12-24)25(31)32/h5-12,19,21H,13-18H2,1-4H3,(H,27,28)(H,31,32)/t21-/m1/s1. The van der Waals surface area contributed by atoms with Crippen molar-refractivity contribution in [3.8, 4) is 0 Å². The minimum atomic E-state index is -0.920. The number of guanidine groups is 1. The summed E-state index contributed by atoms with van der Waals surface area (Å²) in [6.45, 7) is 13.4. The molecule has 172 valence electrons. The van der Waals surface area contributed by atoms with Crippen LogP contribution in [0.15, 0.2) is 53.5 Å². The lowest BCUT2D eigenvalue weighted by Gasteiger charge is -2.40. The number of carboxylic acids is 1. The minimum absolute atomic E-state index is 0.279. The van der Waals surface area contributed by atoms with Crippen molar-refractivity contribution in [2.75, 3.05) is 31.5 Å². The highest BCUT2D eigenvalue weighted by Crippen LogP contribution is 2.16. The zero-order valence-corrected chi connectivity index (χ0v) is 19.7. The topological polar surface area (TPSA) is 68.2 Å². The van der Waals surface area contributed by atoms with Crippen molar-refractivity contribution in [3.05, 3.63) is 65.2 Å². The molecule has 1 saturated heterocycles. The molecule has 2 N–H and O–H groups in total. The summed E-state index contributed by atoms with van der Waals surface area (Å²) in [6, 6.07) is 15.9. The molecule has 32 heavy (non-hydrogen) atoms. The Bertz CT molecular complexity index is 898. The molecule has 1 heterocycles. The molecular weight excluding hydrogens is 400 g/mol. The Morgan fingerprint density at radius 1 is 1.00 bits per heavy atom. The molecule has 0 amide bonds. The summed E-state index contributed by atoms with van der Waals surface area (Å²) < 4.78 is 0. The van der Waals surface area contributed by atoms with Crippen molar-refractivity contribution in [2.45, 2.75) is 46.7 Å². The molecule has 6 heteroatoms. The number of hydrogen-bond acceptors (Lipinski definition) is 3. The first-order valence-corrected chi connectivity index (χ1v) is 11.5. The molecule has 1 aliphatic rings. The Kier molecular flexibility index (Phi) is 8.28. The Labute approximate surface area is 192 Å². The number of carbonyl (C=O) groups is 1. The molecule has 0 spiro atoms. The van der Waals surface area contributed by atoms with Gasteiger partial charge in [0.1, 0.15) is 0 Å². The van der Waals surface area contributed by atoms with Crippen LogP contribution in [0.2, 0.25) is 0 Å². The van der Waals surface area contributed by atoms with Crippen LogP contribution in [0, 0.1) is 12.8 Å². The summed E-state index contributed by atoms with van der Waals surface area (Å²) >= 11 is 0. The zero-order chi connectivity index (χ0) is 23.1. The molecule has 1 atom stereocenters. The van der Waals surface area contributed by atoms with Gasteiger partial charge >= 0.3 is 5.97 Å². The number of hydrogen-bond donors (Lipinski definition) is 2. The van der Waals surface area contributed by atoms with Crippen molar-refractivity contribution < 1.29 is 9.90 Å². The molecule has 2 aromatic carbocycles. The van der Waals surface area contributed by atoms with Crippen LogP contribution in [-0.4, -0.2) is 59.1 Å². The molecule has 0 saturated carbocycles. The number of nitrogens with zero attached hydrogens (tertiary/aromatic N) is 3. The number of benzene rings is 2. The third kappa shape index (κ3) is 6.82. The van der Waals surface area contributed by atoms with E-state index in [0.717, 1.165) is 37.8 Å². The van der Waals surface area contributed by atoms with Crippen molar-refractivity contribution in [2.24, 2.45) is 10.9 Å². The van der Waals surface area contributed by atoms with Crippen LogP contribution in [0.25, 0.3) is 0 Å². The molecule has 0 bridgehead atoms. The minimum Gasteiger partial charge on any atom is -0.478 e. The van der Waals surface area contributed by atoms with Crippen LogP contribution in [0.1, 0.15) is 48.7 Å².